The van der Waals surface area contributed by atoms with Crippen LogP contribution < -0.4 is 11.1 Å². The van der Waals surface area contributed by atoms with Gasteiger partial charge in [0, 0.05) is 24.9 Å². The van der Waals surface area contributed by atoms with Gasteiger partial charge in [0.15, 0.2) is 9.84 Å². The third-order valence-electron chi connectivity index (χ3n) is 4.41. The molecule has 1 unspecified atom stereocenters. The van der Waals surface area contributed by atoms with Gasteiger partial charge in [0.2, 0.25) is 0 Å². The molecule has 128 valence electrons. The molecule has 23 heavy (non-hydrogen) atoms. The fraction of sp³-hybridized carbons (Fsp3) is 0.600. The molecule has 0 aromatic heterocycles. The van der Waals surface area contributed by atoms with Gasteiger partial charge in [-0.25, -0.2) is 8.42 Å². The van der Waals surface area contributed by atoms with Crippen molar-refractivity contribution in [2.24, 2.45) is 11.7 Å². The van der Waals surface area contributed by atoms with Gasteiger partial charge in [0.05, 0.1) is 9.82 Å². The average molecular weight is 341 g/mol. The molecule has 0 heterocycles. The molecule has 3 N–H and O–H groups in total. The lowest BCUT2D eigenvalue weighted by Gasteiger charge is -2.30. The molecule has 1 aliphatic carbocycles. The zero-order valence-electron chi connectivity index (χ0n) is 13.2. The maximum absolute atomic E-state index is 11.6. The van der Waals surface area contributed by atoms with Crippen molar-refractivity contribution in [2.75, 3.05) is 18.1 Å². The van der Waals surface area contributed by atoms with E-state index in [-0.39, 0.29) is 16.6 Å². The highest BCUT2D eigenvalue weighted by Gasteiger charge is 2.26. The van der Waals surface area contributed by atoms with Gasteiger partial charge >= 0.3 is 0 Å². The third-order valence-corrected chi connectivity index (χ3v) is 5.52. The van der Waals surface area contributed by atoms with Gasteiger partial charge in [-0.1, -0.05) is 19.3 Å². The molecule has 0 bridgehead atoms. The van der Waals surface area contributed by atoms with E-state index in [2.05, 4.69) is 5.32 Å². The number of hydrogen-bond donors (Lipinski definition) is 2. The van der Waals surface area contributed by atoms with E-state index in [1.54, 1.807) is 0 Å². The van der Waals surface area contributed by atoms with Crippen LogP contribution in [0.15, 0.2) is 23.1 Å². The molecule has 1 aromatic carbocycles. The van der Waals surface area contributed by atoms with Crippen molar-refractivity contribution in [2.45, 2.75) is 43.0 Å². The van der Waals surface area contributed by atoms with Crippen molar-refractivity contribution >= 4 is 21.2 Å². The zero-order chi connectivity index (χ0) is 17.0. The Morgan fingerprint density at radius 3 is 2.52 bits per heavy atom. The van der Waals surface area contributed by atoms with Crippen molar-refractivity contribution in [3.8, 4) is 0 Å². The maximum Gasteiger partial charge on any atom is 0.293 e. The number of benzene rings is 1. The summed E-state index contributed by atoms with van der Waals surface area (Å²) in [5.41, 5.74) is 5.94. The van der Waals surface area contributed by atoms with Crippen molar-refractivity contribution in [1.29, 1.82) is 0 Å². The van der Waals surface area contributed by atoms with Crippen LogP contribution in [0.25, 0.3) is 0 Å². The smallest absolute Gasteiger partial charge is 0.293 e. The fourth-order valence-electron chi connectivity index (χ4n) is 3.12. The Morgan fingerprint density at radius 2 is 2.00 bits per heavy atom. The summed E-state index contributed by atoms with van der Waals surface area (Å²) in [4.78, 5) is 10.7. The van der Waals surface area contributed by atoms with E-state index < -0.39 is 14.8 Å². The minimum Gasteiger partial charge on any atom is -0.375 e. The number of rotatable bonds is 6. The predicted molar refractivity (Wildman–Crippen MR) is 89.2 cm³/mol. The number of nitro groups is 1. The molecule has 0 saturated heterocycles. The van der Waals surface area contributed by atoms with Crippen LogP contribution in [0.5, 0.6) is 0 Å². The van der Waals surface area contributed by atoms with Gasteiger partial charge in [-0.3, -0.25) is 10.1 Å². The van der Waals surface area contributed by atoms with Crippen molar-refractivity contribution < 1.29 is 13.3 Å². The molecule has 7 nitrogen and oxygen atoms in total. The Hall–Kier alpha value is -1.67. The first-order chi connectivity index (χ1) is 10.8. The standard InChI is InChI=1S/C15H23N3O4S/c1-23(21,22)12-7-8-13(15(9-12)18(19)20)17-14(10-16)11-5-3-2-4-6-11/h7-9,11,14,17H,2-6,10,16H2,1H3. The van der Waals surface area contributed by atoms with Gasteiger partial charge in [0.25, 0.3) is 5.69 Å². The largest absolute Gasteiger partial charge is 0.375 e. The monoisotopic (exact) mass is 341 g/mol. The molecule has 8 heteroatoms. The Kier molecular flexibility index (Phi) is 5.59. The van der Waals surface area contributed by atoms with Crippen molar-refractivity contribution in [1.82, 2.24) is 0 Å². The molecule has 1 fully saturated rings. The van der Waals surface area contributed by atoms with Crippen LogP contribution in [0, 0.1) is 16.0 Å². The summed E-state index contributed by atoms with van der Waals surface area (Å²) < 4.78 is 23.2. The van der Waals surface area contributed by atoms with Gasteiger partial charge in [-0.2, -0.15) is 0 Å². The highest BCUT2D eigenvalue weighted by Crippen LogP contribution is 2.32. The summed E-state index contributed by atoms with van der Waals surface area (Å²) in [5, 5.41) is 14.5. The number of nitro benzene ring substituents is 1. The first-order valence-electron chi connectivity index (χ1n) is 7.78. The topological polar surface area (TPSA) is 115 Å². The summed E-state index contributed by atoms with van der Waals surface area (Å²) in [7, 11) is -3.49. The zero-order valence-corrected chi connectivity index (χ0v) is 14.0. The lowest BCUT2D eigenvalue weighted by Crippen LogP contribution is -2.37. The fourth-order valence-corrected chi connectivity index (χ4v) is 3.76. The summed E-state index contributed by atoms with van der Waals surface area (Å²) in [6.45, 7) is 0.385. The molecular formula is C15H23N3O4S. The minimum absolute atomic E-state index is 0.0434. The molecule has 0 radical (unpaired) electrons. The SMILES string of the molecule is CS(=O)(=O)c1ccc(NC(CN)C2CCCCC2)c([N+](=O)[O-])c1. The number of anilines is 1. The number of hydrogen-bond acceptors (Lipinski definition) is 6. The lowest BCUT2D eigenvalue weighted by molar-refractivity contribution is -0.384. The summed E-state index contributed by atoms with van der Waals surface area (Å²) in [6.07, 6.45) is 6.67. The van der Waals surface area contributed by atoms with Crippen LogP contribution in [0.3, 0.4) is 0 Å². The Morgan fingerprint density at radius 1 is 1.35 bits per heavy atom. The van der Waals surface area contributed by atoms with Crippen LogP contribution in [0.2, 0.25) is 0 Å². The molecule has 0 aliphatic heterocycles. The van der Waals surface area contributed by atoms with Gasteiger partial charge in [-0.15, -0.1) is 0 Å². The first-order valence-corrected chi connectivity index (χ1v) is 9.67. The summed E-state index contributed by atoms with van der Waals surface area (Å²) in [6, 6.07) is 3.91. The number of nitrogens with two attached hydrogens (primary N) is 1. The highest BCUT2D eigenvalue weighted by atomic mass is 32.2. The quantitative estimate of drug-likeness (QED) is 0.606. The molecule has 0 spiro atoms. The van der Waals surface area contributed by atoms with Gasteiger partial charge in [0.1, 0.15) is 5.69 Å². The predicted octanol–water partition coefficient (Wildman–Crippen LogP) is 2.32. The number of nitrogens with zero attached hydrogens (tertiary/aromatic N) is 1. The van der Waals surface area contributed by atoms with Gasteiger partial charge in [-0.05, 0) is 30.9 Å². The maximum atomic E-state index is 11.6. The van der Waals surface area contributed by atoms with E-state index in [0.29, 0.717) is 18.2 Å². The first kappa shape index (κ1) is 17.7. The average Bonchev–Trinajstić information content (AvgIpc) is 2.52. The third kappa shape index (κ3) is 4.42. The minimum atomic E-state index is -3.49. The molecule has 1 aromatic rings. The highest BCUT2D eigenvalue weighted by molar-refractivity contribution is 7.90. The Balaban J connectivity index is 2.28. The summed E-state index contributed by atoms with van der Waals surface area (Å²) in [5.74, 6) is 0.392. The molecular weight excluding hydrogens is 318 g/mol. The van der Waals surface area contributed by atoms with Crippen molar-refractivity contribution in [3.05, 3.63) is 28.3 Å². The van der Waals surface area contributed by atoms with Crippen LogP contribution in [0.4, 0.5) is 11.4 Å². The number of nitrogens with one attached hydrogen (secondary N) is 1. The molecule has 0 amide bonds. The van der Waals surface area contributed by atoms with Gasteiger partial charge < -0.3 is 11.1 Å². The van der Waals surface area contributed by atoms with E-state index >= 15 is 0 Å². The van der Waals surface area contributed by atoms with E-state index in [0.717, 1.165) is 38.0 Å². The van der Waals surface area contributed by atoms with Crippen LogP contribution in [-0.4, -0.2) is 32.2 Å². The number of sulfone groups is 1. The second-order valence-electron chi connectivity index (χ2n) is 6.09. The van der Waals surface area contributed by atoms with Crippen molar-refractivity contribution in [3.63, 3.8) is 0 Å². The van der Waals surface area contributed by atoms with E-state index in [1.807, 2.05) is 0 Å². The second-order valence-corrected chi connectivity index (χ2v) is 8.11. The summed E-state index contributed by atoms with van der Waals surface area (Å²) >= 11 is 0. The van der Waals surface area contributed by atoms with Crippen LogP contribution >= 0.6 is 0 Å². The molecule has 1 aliphatic rings. The second kappa shape index (κ2) is 7.27. The van der Waals surface area contributed by atoms with E-state index in [4.69, 9.17) is 5.73 Å². The lowest BCUT2D eigenvalue weighted by atomic mass is 9.84. The molecule has 1 atom stereocenters. The van der Waals surface area contributed by atoms with Crippen LogP contribution in [0.1, 0.15) is 32.1 Å². The normalized spacial score (nSPS) is 17.7. The van der Waals surface area contributed by atoms with Crippen LogP contribution in [-0.2, 0) is 9.84 Å². The molecule has 1 saturated carbocycles. The van der Waals surface area contributed by atoms with E-state index in [9.17, 15) is 18.5 Å². The molecule has 2 rings (SSSR count). The Labute approximate surface area is 136 Å². The van der Waals surface area contributed by atoms with E-state index in [1.165, 1.54) is 18.6 Å². The Bertz CT molecular complexity index is 669.